The minimum atomic E-state index is -0.912. The van der Waals surface area contributed by atoms with E-state index >= 15 is 0 Å². The van der Waals surface area contributed by atoms with Gasteiger partial charge >= 0.3 is 5.97 Å². The second kappa shape index (κ2) is 23.5. The van der Waals surface area contributed by atoms with Crippen LogP contribution < -0.4 is 0 Å². The Morgan fingerprint density at radius 1 is 0.580 bits per heavy atom. The zero-order valence-corrected chi connectivity index (χ0v) is 32.2. The molecule has 0 saturated carbocycles. The molecular formula is C45H57IO4. The van der Waals surface area contributed by atoms with Gasteiger partial charge in [0, 0.05) is 10.2 Å². The minimum absolute atomic E-state index is 0.160. The first-order chi connectivity index (χ1) is 24.6. The average Bonchev–Trinajstić information content (AvgIpc) is 3.16. The third kappa shape index (κ3) is 13.3. The first-order valence-corrected chi connectivity index (χ1v) is 20.1. The maximum atomic E-state index is 13.4. The molecule has 0 fully saturated rings. The number of unbranched alkanes of at least 4 members (excludes halogenated alkanes) is 13. The molecule has 268 valence electrons. The Bertz CT molecular complexity index is 1360. The Hall–Kier alpha value is -3.00. The van der Waals surface area contributed by atoms with Gasteiger partial charge in [0.1, 0.15) is 11.7 Å². The Labute approximate surface area is 315 Å². The minimum Gasteiger partial charge on any atom is -0.454 e. The van der Waals surface area contributed by atoms with Crippen molar-refractivity contribution in [1.29, 1.82) is 0 Å². The summed E-state index contributed by atoms with van der Waals surface area (Å²) in [6, 6.07) is 38.3. The smallest absolute Gasteiger partial charge is 0.338 e. The summed E-state index contributed by atoms with van der Waals surface area (Å²) in [6.45, 7) is 3.34. The largest absolute Gasteiger partial charge is 0.454 e. The van der Waals surface area contributed by atoms with Gasteiger partial charge < -0.3 is 14.2 Å². The molecular weight excluding hydrogens is 731 g/mol. The van der Waals surface area contributed by atoms with Crippen LogP contribution in [0.2, 0.25) is 0 Å². The molecule has 0 aliphatic carbocycles. The van der Waals surface area contributed by atoms with Crippen LogP contribution in [0.15, 0.2) is 115 Å². The van der Waals surface area contributed by atoms with Crippen LogP contribution in [-0.2, 0) is 19.8 Å². The molecule has 0 aliphatic rings. The zero-order valence-electron chi connectivity index (χ0n) is 30.1. The Kier molecular flexibility index (Phi) is 18.7. The zero-order chi connectivity index (χ0) is 35.1. The van der Waals surface area contributed by atoms with Gasteiger partial charge in [-0.3, -0.25) is 0 Å². The van der Waals surface area contributed by atoms with Crippen molar-refractivity contribution >= 4 is 28.6 Å². The maximum Gasteiger partial charge on any atom is 0.338 e. The number of rotatable bonds is 25. The molecule has 0 heterocycles. The van der Waals surface area contributed by atoms with Crippen molar-refractivity contribution in [3.63, 3.8) is 0 Å². The van der Waals surface area contributed by atoms with Gasteiger partial charge in [0.15, 0.2) is 0 Å². The fourth-order valence-corrected chi connectivity index (χ4v) is 7.09. The van der Waals surface area contributed by atoms with E-state index in [2.05, 4.69) is 65.9 Å². The molecule has 0 saturated heterocycles. The van der Waals surface area contributed by atoms with E-state index in [1.54, 1.807) is 6.07 Å². The summed E-state index contributed by atoms with van der Waals surface area (Å²) in [4.78, 5) is 13.4. The number of esters is 1. The fourth-order valence-electron chi connectivity index (χ4n) is 6.55. The topological polar surface area (TPSA) is 44.8 Å². The molecule has 0 spiro atoms. The van der Waals surface area contributed by atoms with Crippen LogP contribution >= 0.6 is 22.6 Å². The predicted molar refractivity (Wildman–Crippen MR) is 215 cm³/mol. The quantitative estimate of drug-likeness (QED) is 0.0290. The summed E-state index contributed by atoms with van der Waals surface area (Å²) in [5, 5.41) is 0. The van der Waals surface area contributed by atoms with Crippen LogP contribution in [0, 0.1) is 3.57 Å². The van der Waals surface area contributed by atoms with Crippen LogP contribution in [0.4, 0.5) is 0 Å². The van der Waals surface area contributed by atoms with E-state index in [9.17, 15) is 4.79 Å². The molecule has 0 bridgehead atoms. The lowest BCUT2D eigenvalue weighted by Gasteiger charge is -2.37. The highest BCUT2D eigenvalue weighted by Crippen LogP contribution is 2.40. The van der Waals surface area contributed by atoms with E-state index < -0.39 is 11.7 Å². The van der Waals surface area contributed by atoms with Crippen LogP contribution in [0.25, 0.3) is 0 Å². The van der Waals surface area contributed by atoms with Gasteiger partial charge in [-0.2, -0.15) is 0 Å². The highest BCUT2D eigenvalue weighted by Gasteiger charge is 2.38. The highest BCUT2D eigenvalue weighted by atomic mass is 127. The second-order valence-electron chi connectivity index (χ2n) is 13.3. The van der Waals surface area contributed by atoms with Gasteiger partial charge in [-0.15, -0.1) is 0 Å². The van der Waals surface area contributed by atoms with Crippen molar-refractivity contribution in [2.45, 2.75) is 109 Å². The Morgan fingerprint density at radius 3 is 1.50 bits per heavy atom. The van der Waals surface area contributed by atoms with Gasteiger partial charge in [-0.25, -0.2) is 4.79 Å². The summed E-state index contributed by atoms with van der Waals surface area (Å²) in [6.07, 6.45) is 17.9. The molecule has 4 nitrogen and oxygen atoms in total. The first kappa shape index (κ1) is 39.8. The molecule has 50 heavy (non-hydrogen) atoms. The fraction of sp³-hybridized carbons (Fsp3) is 0.444. The molecule has 4 rings (SSSR count). The lowest BCUT2D eigenvalue weighted by molar-refractivity contribution is -0.0737. The van der Waals surface area contributed by atoms with E-state index in [4.69, 9.17) is 14.2 Å². The molecule has 0 radical (unpaired) electrons. The lowest BCUT2D eigenvalue weighted by Crippen LogP contribution is -2.38. The molecule has 0 amide bonds. The molecule has 4 aromatic carbocycles. The number of ether oxygens (including phenoxy) is 3. The monoisotopic (exact) mass is 788 g/mol. The van der Waals surface area contributed by atoms with Crippen LogP contribution in [-0.4, -0.2) is 31.9 Å². The summed E-state index contributed by atoms with van der Waals surface area (Å²) >= 11 is 2.22. The van der Waals surface area contributed by atoms with E-state index in [0.717, 1.165) is 33.1 Å². The highest BCUT2D eigenvalue weighted by molar-refractivity contribution is 14.1. The van der Waals surface area contributed by atoms with Crippen LogP contribution in [0.3, 0.4) is 0 Å². The SMILES string of the molecule is CCCCCCCCCCCCCCCCOCC(COC(c1ccccc1)(c1ccccc1)c1ccccc1)OC(=O)c1cccc(I)c1. The molecule has 0 aliphatic heterocycles. The summed E-state index contributed by atoms with van der Waals surface area (Å²) in [5.74, 6) is -0.373. The van der Waals surface area contributed by atoms with Crippen molar-refractivity contribution in [2.24, 2.45) is 0 Å². The number of benzene rings is 4. The Morgan fingerprint density at radius 2 is 1.04 bits per heavy atom. The second-order valence-corrected chi connectivity index (χ2v) is 14.5. The lowest BCUT2D eigenvalue weighted by atomic mass is 9.80. The molecule has 1 atom stereocenters. The van der Waals surface area contributed by atoms with E-state index in [1.807, 2.05) is 72.8 Å². The van der Waals surface area contributed by atoms with Crippen molar-refractivity contribution in [3.05, 3.63) is 141 Å². The number of halogens is 1. The van der Waals surface area contributed by atoms with Crippen molar-refractivity contribution in [2.75, 3.05) is 19.8 Å². The van der Waals surface area contributed by atoms with Crippen LogP contribution in [0.1, 0.15) is 124 Å². The van der Waals surface area contributed by atoms with E-state index in [0.29, 0.717) is 12.2 Å². The molecule has 5 heteroatoms. The van der Waals surface area contributed by atoms with E-state index in [1.165, 1.54) is 77.0 Å². The molecule has 0 aromatic heterocycles. The number of hydrogen-bond acceptors (Lipinski definition) is 4. The van der Waals surface area contributed by atoms with Crippen LogP contribution in [0.5, 0.6) is 0 Å². The summed E-state index contributed by atoms with van der Waals surface area (Å²) < 4.78 is 20.3. The molecule has 4 aromatic rings. The molecule has 1 unspecified atom stereocenters. The van der Waals surface area contributed by atoms with Gasteiger partial charge in [-0.05, 0) is 63.9 Å². The summed E-state index contributed by atoms with van der Waals surface area (Å²) in [5.41, 5.74) is 2.62. The van der Waals surface area contributed by atoms with E-state index in [-0.39, 0.29) is 19.2 Å². The van der Waals surface area contributed by atoms with Crippen molar-refractivity contribution < 1.29 is 19.0 Å². The predicted octanol–water partition coefficient (Wildman–Crippen LogP) is 12.3. The molecule has 0 N–H and O–H groups in total. The van der Waals surface area contributed by atoms with Gasteiger partial charge in [0.05, 0.1) is 18.8 Å². The van der Waals surface area contributed by atoms with Crippen molar-refractivity contribution in [3.8, 4) is 0 Å². The Balaban J connectivity index is 1.34. The van der Waals surface area contributed by atoms with Gasteiger partial charge in [0.25, 0.3) is 0 Å². The number of carbonyl (C=O) groups is 1. The summed E-state index contributed by atoms with van der Waals surface area (Å²) in [7, 11) is 0. The third-order valence-corrected chi connectivity index (χ3v) is 9.98. The normalized spacial score (nSPS) is 12.1. The average molecular weight is 789 g/mol. The number of carbonyl (C=O) groups excluding carboxylic acids is 1. The standard InChI is InChI=1S/C45H57IO4/c1-2-3-4-5-6-7-8-9-10-11-12-13-14-24-34-48-36-43(50-44(47)38-26-25-33-42(46)35-38)37-49-45(39-27-18-15-19-28-39,40-29-20-16-21-30-40)41-31-22-17-23-32-41/h15-23,25-33,35,43H,2-14,24,34,36-37H2,1H3. The number of hydrogen-bond donors (Lipinski definition) is 0. The van der Waals surface area contributed by atoms with Gasteiger partial charge in [0.2, 0.25) is 0 Å². The van der Waals surface area contributed by atoms with Gasteiger partial charge in [-0.1, -0.05) is 187 Å². The maximum absolute atomic E-state index is 13.4. The first-order valence-electron chi connectivity index (χ1n) is 19.0. The third-order valence-electron chi connectivity index (χ3n) is 9.31. The van der Waals surface area contributed by atoms with Crippen molar-refractivity contribution in [1.82, 2.24) is 0 Å².